The van der Waals surface area contributed by atoms with Gasteiger partial charge in [0.25, 0.3) is 5.91 Å². The van der Waals surface area contributed by atoms with Crippen molar-refractivity contribution in [2.45, 2.75) is 58.8 Å². The van der Waals surface area contributed by atoms with Gasteiger partial charge in [0.2, 0.25) is 5.82 Å². The van der Waals surface area contributed by atoms with Gasteiger partial charge in [-0.3, -0.25) is 9.69 Å². The Morgan fingerprint density at radius 2 is 2.07 bits per heavy atom. The van der Waals surface area contributed by atoms with Crippen LogP contribution in [-0.4, -0.2) is 51.3 Å². The third-order valence-electron chi connectivity index (χ3n) is 6.42. The van der Waals surface area contributed by atoms with Crippen molar-refractivity contribution in [2.24, 2.45) is 5.41 Å². The predicted molar refractivity (Wildman–Crippen MR) is 110 cm³/mol. The largest absolute Gasteiger partial charge is 0.373 e. The monoisotopic (exact) mass is 415 g/mol. The maximum atomic E-state index is 14.0. The molecule has 2 aromatic rings. The number of nitrogens with one attached hydrogen (secondary N) is 1. The molecule has 1 aromatic heterocycles. The van der Waals surface area contributed by atoms with Gasteiger partial charge in [-0.05, 0) is 45.3 Å². The molecule has 1 aromatic carbocycles. The molecule has 1 spiro atoms. The Bertz CT molecular complexity index is 891. The first-order chi connectivity index (χ1) is 14.5. The minimum Gasteiger partial charge on any atom is -0.373 e. The summed E-state index contributed by atoms with van der Waals surface area (Å²) in [5.74, 6) is 0.734. The Hall–Kier alpha value is -2.32. The summed E-state index contributed by atoms with van der Waals surface area (Å²) in [4.78, 5) is 15.0. The molecule has 0 bridgehead atoms. The summed E-state index contributed by atoms with van der Waals surface area (Å²) in [7, 11) is 0. The molecule has 1 amide bonds. The van der Waals surface area contributed by atoms with Gasteiger partial charge in [-0.1, -0.05) is 25.1 Å². The van der Waals surface area contributed by atoms with E-state index in [9.17, 15) is 9.18 Å². The Morgan fingerprint density at radius 1 is 1.30 bits per heavy atom. The molecule has 0 saturated carbocycles. The van der Waals surface area contributed by atoms with Crippen molar-refractivity contribution >= 4 is 5.91 Å². The molecule has 1 saturated heterocycles. The fraction of sp³-hybridized carbons (Fsp3) is 0.591. The number of aromatic nitrogens is 3. The van der Waals surface area contributed by atoms with Crippen molar-refractivity contribution in [3.05, 3.63) is 47.3 Å². The fourth-order valence-electron chi connectivity index (χ4n) is 4.26. The maximum absolute atomic E-state index is 14.0. The smallest absolute Gasteiger partial charge is 0.289 e. The Balaban J connectivity index is 1.45. The molecule has 7 nitrogen and oxygen atoms in total. The molecule has 1 unspecified atom stereocenters. The second-order valence-electron chi connectivity index (χ2n) is 8.67. The normalized spacial score (nSPS) is 19.8. The van der Waals surface area contributed by atoms with E-state index in [4.69, 9.17) is 4.74 Å². The lowest BCUT2D eigenvalue weighted by atomic mass is 9.78. The quantitative estimate of drug-likeness (QED) is 0.813. The molecule has 2 aliphatic heterocycles. The molecule has 30 heavy (non-hydrogen) atoms. The van der Waals surface area contributed by atoms with Crippen molar-refractivity contribution in [1.29, 1.82) is 0 Å². The van der Waals surface area contributed by atoms with E-state index in [1.54, 1.807) is 6.07 Å². The van der Waals surface area contributed by atoms with Crippen LogP contribution >= 0.6 is 0 Å². The zero-order valence-corrected chi connectivity index (χ0v) is 17.7. The van der Waals surface area contributed by atoms with Gasteiger partial charge < -0.3 is 14.6 Å². The van der Waals surface area contributed by atoms with Crippen LogP contribution in [0.15, 0.2) is 24.3 Å². The number of fused-ring (bicyclic) bond motifs is 1. The Morgan fingerprint density at radius 3 is 2.80 bits per heavy atom. The lowest BCUT2D eigenvalue weighted by molar-refractivity contribution is -0.00586. The fourth-order valence-corrected chi connectivity index (χ4v) is 4.26. The van der Waals surface area contributed by atoms with Gasteiger partial charge >= 0.3 is 0 Å². The molecule has 0 radical (unpaired) electrons. The van der Waals surface area contributed by atoms with E-state index in [1.165, 1.54) is 6.07 Å². The van der Waals surface area contributed by atoms with Crippen LogP contribution in [0.1, 0.15) is 55.1 Å². The number of piperidine rings is 1. The zero-order chi connectivity index (χ0) is 21.1. The van der Waals surface area contributed by atoms with Crippen LogP contribution in [0.2, 0.25) is 0 Å². The van der Waals surface area contributed by atoms with Crippen molar-refractivity contribution in [3.8, 4) is 0 Å². The van der Waals surface area contributed by atoms with Gasteiger partial charge in [-0.25, -0.2) is 4.39 Å². The lowest BCUT2D eigenvalue weighted by Crippen LogP contribution is -2.44. The van der Waals surface area contributed by atoms with E-state index in [2.05, 4.69) is 20.4 Å². The van der Waals surface area contributed by atoms with Crippen molar-refractivity contribution < 1.29 is 13.9 Å². The van der Waals surface area contributed by atoms with E-state index in [0.29, 0.717) is 38.0 Å². The van der Waals surface area contributed by atoms with Crippen LogP contribution < -0.4 is 5.32 Å². The minimum atomic E-state index is -0.183. The lowest BCUT2D eigenvalue weighted by Gasteiger charge is -2.41. The first kappa shape index (κ1) is 20.9. The highest BCUT2D eigenvalue weighted by Crippen LogP contribution is 2.37. The van der Waals surface area contributed by atoms with E-state index in [0.717, 1.165) is 37.9 Å². The molecule has 1 fully saturated rings. The SMILES string of the molecule is CCC(C)NC(=O)c1nnc2n1CC1(CCN(Cc3ccccc3F)CC1)COC2. The molecular formula is C22H30FN5O2. The average molecular weight is 416 g/mol. The highest BCUT2D eigenvalue weighted by molar-refractivity contribution is 5.90. The number of rotatable bonds is 5. The summed E-state index contributed by atoms with van der Waals surface area (Å²) < 4.78 is 21.9. The van der Waals surface area contributed by atoms with Gasteiger partial charge in [-0.2, -0.15) is 0 Å². The van der Waals surface area contributed by atoms with Gasteiger partial charge in [0, 0.05) is 30.1 Å². The molecule has 1 atom stereocenters. The second kappa shape index (κ2) is 8.81. The van der Waals surface area contributed by atoms with Crippen LogP contribution in [0.4, 0.5) is 4.39 Å². The first-order valence-electron chi connectivity index (χ1n) is 10.8. The summed E-state index contributed by atoms with van der Waals surface area (Å²) in [6.45, 7) is 8.03. The van der Waals surface area contributed by atoms with E-state index >= 15 is 0 Å². The van der Waals surface area contributed by atoms with Gasteiger partial charge in [0.1, 0.15) is 12.4 Å². The average Bonchev–Trinajstić information content (AvgIpc) is 3.05. The summed E-state index contributed by atoms with van der Waals surface area (Å²) in [5, 5.41) is 11.3. The van der Waals surface area contributed by atoms with Crippen molar-refractivity contribution in [1.82, 2.24) is 25.0 Å². The molecule has 1 N–H and O–H groups in total. The number of likely N-dealkylation sites (tertiary alicyclic amines) is 1. The van der Waals surface area contributed by atoms with Gasteiger partial charge in [0.05, 0.1) is 6.61 Å². The number of amides is 1. The Labute approximate surface area is 176 Å². The summed E-state index contributed by atoms with van der Waals surface area (Å²) in [6.07, 6.45) is 2.70. The number of halogens is 1. The highest BCUT2D eigenvalue weighted by Gasteiger charge is 2.39. The van der Waals surface area contributed by atoms with Crippen LogP contribution in [-0.2, 0) is 24.4 Å². The standard InChI is InChI=1S/C22H30FN5O2/c1-3-16(2)24-21(29)20-26-25-19-13-30-15-22(14-28(19)20)8-10-27(11-9-22)12-17-6-4-5-7-18(17)23/h4-7,16H,3,8-15H2,1-2H3,(H,24,29). The van der Waals surface area contributed by atoms with Crippen LogP contribution in [0.3, 0.4) is 0 Å². The molecule has 162 valence electrons. The number of benzene rings is 1. The third-order valence-corrected chi connectivity index (χ3v) is 6.42. The van der Waals surface area contributed by atoms with Crippen molar-refractivity contribution in [3.63, 3.8) is 0 Å². The number of carbonyl (C=O) groups is 1. The number of carbonyl (C=O) groups excluding carboxylic acids is 1. The first-order valence-corrected chi connectivity index (χ1v) is 10.8. The summed E-state index contributed by atoms with van der Waals surface area (Å²) in [5.41, 5.74) is 0.667. The zero-order valence-electron chi connectivity index (χ0n) is 17.7. The maximum Gasteiger partial charge on any atom is 0.289 e. The molecule has 3 heterocycles. The van der Waals surface area contributed by atoms with Crippen LogP contribution in [0, 0.1) is 11.2 Å². The van der Waals surface area contributed by atoms with E-state index < -0.39 is 0 Å². The molecule has 0 aliphatic carbocycles. The molecule has 2 aliphatic rings. The van der Waals surface area contributed by atoms with Crippen LogP contribution in [0.5, 0.6) is 0 Å². The molecule has 8 heteroatoms. The second-order valence-corrected chi connectivity index (χ2v) is 8.67. The number of nitrogens with zero attached hydrogens (tertiary/aromatic N) is 4. The van der Waals surface area contributed by atoms with Gasteiger partial charge in [-0.15, -0.1) is 10.2 Å². The minimum absolute atomic E-state index is 0.0647. The highest BCUT2D eigenvalue weighted by atomic mass is 19.1. The van der Waals surface area contributed by atoms with Gasteiger partial charge in [0.15, 0.2) is 5.82 Å². The Kier molecular flexibility index (Phi) is 6.15. The topological polar surface area (TPSA) is 72.3 Å². The number of hydrogen-bond donors (Lipinski definition) is 1. The van der Waals surface area contributed by atoms with E-state index in [1.807, 2.05) is 30.5 Å². The predicted octanol–water partition coefficient (Wildman–Crippen LogP) is 2.76. The molecule has 4 rings (SSSR count). The summed E-state index contributed by atoms with van der Waals surface area (Å²) in [6, 6.07) is 7.05. The summed E-state index contributed by atoms with van der Waals surface area (Å²) >= 11 is 0. The van der Waals surface area contributed by atoms with Crippen LogP contribution in [0.25, 0.3) is 0 Å². The number of hydrogen-bond acceptors (Lipinski definition) is 5. The number of ether oxygens (including phenoxy) is 1. The molecular weight excluding hydrogens is 385 g/mol. The van der Waals surface area contributed by atoms with E-state index in [-0.39, 0.29) is 23.2 Å². The third kappa shape index (κ3) is 4.39. The van der Waals surface area contributed by atoms with Crippen molar-refractivity contribution in [2.75, 3.05) is 19.7 Å².